The fourth-order valence-electron chi connectivity index (χ4n) is 8.73. The first-order valence-corrected chi connectivity index (χ1v) is 22.9. The summed E-state index contributed by atoms with van der Waals surface area (Å²) in [5, 5.41) is 6.32. The number of rotatable bonds is 13. The van der Waals surface area contributed by atoms with E-state index in [4.69, 9.17) is 19.2 Å². The number of allylic oxidation sites excluding steroid dienone is 1. The van der Waals surface area contributed by atoms with Gasteiger partial charge in [-0.15, -0.1) is 6.58 Å². The fraction of sp³-hybridized carbons (Fsp3) is 0.511. The maximum absolute atomic E-state index is 14.8. The van der Waals surface area contributed by atoms with Gasteiger partial charge >= 0.3 is 6.09 Å². The van der Waals surface area contributed by atoms with Gasteiger partial charge in [0, 0.05) is 35.4 Å². The summed E-state index contributed by atoms with van der Waals surface area (Å²) in [5.41, 5.74) is -0.369. The summed E-state index contributed by atoms with van der Waals surface area (Å²) >= 11 is 0. The smallest absolute Gasteiger partial charge is 0.408 e. The molecule has 3 aromatic rings. The van der Waals surface area contributed by atoms with Crippen LogP contribution in [-0.2, 0) is 29.1 Å². The van der Waals surface area contributed by atoms with Gasteiger partial charge in [0.25, 0.3) is 5.91 Å². The summed E-state index contributed by atoms with van der Waals surface area (Å²) in [6.07, 6.45) is 6.29. The Kier molecular flexibility index (Phi) is 12.0. The topological polar surface area (TPSA) is 182 Å². The molecule has 0 bridgehead atoms. The molecule has 332 valence electrons. The molecule has 7 rings (SSSR count). The molecule has 1 saturated heterocycles. The highest BCUT2D eigenvalue weighted by Gasteiger charge is 2.64. The van der Waals surface area contributed by atoms with Crippen molar-refractivity contribution >= 4 is 44.7 Å². The molecule has 1 aliphatic heterocycles. The van der Waals surface area contributed by atoms with Crippen LogP contribution in [0.1, 0.15) is 92.9 Å². The third-order valence-electron chi connectivity index (χ3n) is 12.3. The molecule has 14 nitrogen and oxygen atoms in total. The molecule has 5 atom stereocenters. The average molecular weight is 870 g/mol. The number of carbonyl (C=O) groups excluding carboxylic acids is 4. The number of likely N-dealkylation sites (tertiary alicyclic amines) is 1. The largest absolute Gasteiger partial charge is 0.497 e. The van der Waals surface area contributed by atoms with Crippen molar-refractivity contribution in [2.24, 2.45) is 11.3 Å². The lowest BCUT2D eigenvalue weighted by molar-refractivity contribution is -0.143. The van der Waals surface area contributed by atoms with Gasteiger partial charge in [0.15, 0.2) is 0 Å². The fourth-order valence-corrected chi connectivity index (χ4v) is 10.5. The number of sulfonamides is 1. The molecule has 1 aromatic heterocycles. The molecule has 62 heavy (non-hydrogen) atoms. The van der Waals surface area contributed by atoms with Crippen molar-refractivity contribution in [1.82, 2.24) is 25.2 Å². The Balaban J connectivity index is 1.21. The summed E-state index contributed by atoms with van der Waals surface area (Å²) < 4.78 is 46.9. The molecule has 2 unspecified atom stereocenters. The predicted molar refractivity (Wildman–Crippen MR) is 236 cm³/mol. The normalized spacial score (nSPS) is 23.6. The summed E-state index contributed by atoms with van der Waals surface area (Å²) in [7, 11) is -2.57. The van der Waals surface area contributed by atoms with Crippen LogP contribution in [0.2, 0.25) is 0 Å². The number of nitrogens with one attached hydrogen (secondary N) is 3. The molecule has 15 heteroatoms. The number of hydrogen-bond acceptors (Lipinski definition) is 10. The minimum atomic E-state index is -4.15. The minimum Gasteiger partial charge on any atom is -0.497 e. The van der Waals surface area contributed by atoms with Gasteiger partial charge in [-0.3, -0.25) is 19.1 Å². The van der Waals surface area contributed by atoms with E-state index in [1.54, 1.807) is 60.8 Å². The zero-order valence-corrected chi connectivity index (χ0v) is 37.5. The van der Waals surface area contributed by atoms with Gasteiger partial charge < -0.3 is 29.7 Å². The number of alkyl carbamates (subject to hydrolysis) is 1. The lowest BCUT2D eigenvalue weighted by atomic mass is 9.85. The van der Waals surface area contributed by atoms with E-state index in [0.717, 1.165) is 30.4 Å². The maximum atomic E-state index is 14.8. The zero-order chi connectivity index (χ0) is 44.8. The van der Waals surface area contributed by atoms with Crippen molar-refractivity contribution in [1.29, 1.82) is 0 Å². The first kappa shape index (κ1) is 44.6. The molecule has 3 aliphatic carbocycles. The molecule has 2 aromatic carbocycles. The maximum Gasteiger partial charge on any atom is 0.408 e. The molecular formula is C47H59N5O9S. The van der Waals surface area contributed by atoms with Crippen LogP contribution in [0, 0.1) is 11.3 Å². The lowest BCUT2D eigenvalue weighted by Gasteiger charge is -2.36. The van der Waals surface area contributed by atoms with Gasteiger partial charge in [-0.25, -0.2) is 18.2 Å². The molecule has 4 aliphatic rings. The number of carbonyl (C=O) groups is 4. The van der Waals surface area contributed by atoms with Crippen molar-refractivity contribution in [3.8, 4) is 22.8 Å². The monoisotopic (exact) mass is 869 g/mol. The average Bonchev–Trinajstić information content (AvgIpc) is 4.14. The van der Waals surface area contributed by atoms with Gasteiger partial charge in [-0.2, -0.15) is 0 Å². The SMILES string of the molecule is C=CC1C[C@]1(NC(=O)C1C[C@@H](Oc2cc(-c3ccccc3)nc3cc(OC)ccc23)CN1C(=O)[C@@H](NC(=O)OC(C)(C)C)C(C)(C)C)C(=O)NS(=O)(=O)C1(C2=CCCCC2)CC1. The highest BCUT2D eigenvalue weighted by molar-refractivity contribution is 7.92. The van der Waals surface area contributed by atoms with Crippen LogP contribution in [0.4, 0.5) is 4.79 Å². The van der Waals surface area contributed by atoms with E-state index in [1.165, 1.54) is 11.0 Å². The molecule has 3 N–H and O–H groups in total. The second-order valence-electron chi connectivity index (χ2n) is 19.1. The molecule has 2 saturated carbocycles. The van der Waals surface area contributed by atoms with Crippen LogP contribution < -0.4 is 24.8 Å². The quantitative estimate of drug-likeness (QED) is 0.156. The van der Waals surface area contributed by atoms with E-state index >= 15 is 0 Å². The summed E-state index contributed by atoms with van der Waals surface area (Å²) in [4.78, 5) is 63.2. The first-order chi connectivity index (χ1) is 29.2. The third-order valence-corrected chi connectivity index (χ3v) is 14.5. The zero-order valence-electron chi connectivity index (χ0n) is 36.7. The second-order valence-corrected chi connectivity index (χ2v) is 21.1. The Morgan fingerprint density at radius 1 is 1.00 bits per heavy atom. The number of benzene rings is 2. The Bertz CT molecular complexity index is 2400. The molecule has 0 spiro atoms. The number of nitrogens with zero attached hydrogens (tertiary/aromatic N) is 2. The van der Waals surface area contributed by atoms with E-state index in [0.29, 0.717) is 47.4 Å². The van der Waals surface area contributed by atoms with E-state index in [-0.39, 0.29) is 19.4 Å². The number of pyridine rings is 1. The van der Waals surface area contributed by atoms with Crippen molar-refractivity contribution in [3.05, 3.63) is 78.9 Å². The van der Waals surface area contributed by atoms with Gasteiger partial charge in [0.2, 0.25) is 21.8 Å². The Hall–Kier alpha value is -5.44. The van der Waals surface area contributed by atoms with Gasteiger partial charge in [0.1, 0.15) is 45.6 Å². The van der Waals surface area contributed by atoms with Crippen molar-refractivity contribution in [3.63, 3.8) is 0 Å². The first-order valence-electron chi connectivity index (χ1n) is 21.4. The van der Waals surface area contributed by atoms with Crippen LogP contribution in [0.5, 0.6) is 11.5 Å². The number of aromatic nitrogens is 1. The van der Waals surface area contributed by atoms with E-state index < -0.39 is 79.2 Å². The van der Waals surface area contributed by atoms with E-state index in [9.17, 15) is 27.6 Å². The van der Waals surface area contributed by atoms with Crippen molar-refractivity contribution < 1.29 is 41.8 Å². The summed E-state index contributed by atoms with van der Waals surface area (Å²) in [5.74, 6) is -1.56. The van der Waals surface area contributed by atoms with Crippen LogP contribution >= 0.6 is 0 Å². The van der Waals surface area contributed by atoms with Crippen molar-refractivity contribution in [2.45, 2.75) is 127 Å². The number of amides is 4. The number of ether oxygens (including phenoxy) is 3. The van der Waals surface area contributed by atoms with E-state index in [2.05, 4.69) is 21.9 Å². The summed E-state index contributed by atoms with van der Waals surface area (Å²) in [6, 6.07) is 14.5. The lowest BCUT2D eigenvalue weighted by Crippen LogP contribution is -2.60. The Morgan fingerprint density at radius 2 is 1.73 bits per heavy atom. The van der Waals surface area contributed by atoms with E-state index in [1.807, 2.05) is 48.5 Å². The van der Waals surface area contributed by atoms with Crippen LogP contribution in [0.3, 0.4) is 0 Å². The Morgan fingerprint density at radius 3 is 2.32 bits per heavy atom. The number of fused-ring (bicyclic) bond motifs is 1. The van der Waals surface area contributed by atoms with Crippen molar-refractivity contribution in [2.75, 3.05) is 13.7 Å². The predicted octanol–water partition coefficient (Wildman–Crippen LogP) is 6.74. The molecule has 3 fully saturated rings. The third kappa shape index (κ3) is 9.04. The number of methoxy groups -OCH3 is 1. The Labute approximate surface area is 364 Å². The molecule has 2 heterocycles. The van der Waals surface area contributed by atoms with Crippen LogP contribution in [0.25, 0.3) is 22.2 Å². The summed E-state index contributed by atoms with van der Waals surface area (Å²) in [6.45, 7) is 14.3. The van der Waals surface area contributed by atoms with Crippen LogP contribution in [0.15, 0.2) is 78.9 Å². The molecular weight excluding hydrogens is 811 g/mol. The van der Waals surface area contributed by atoms with Crippen LogP contribution in [-0.4, -0.2) is 89.8 Å². The molecule has 4 amide bonds. The minimum absolute atomic E-state index is 0.00747. The van der Waals surface area contributed by atoms with Gasteiger partial charge in [-0.1, -0.05) is 68.8 Å². The molecule has 0 radical (unpaired) electrons. The standard InChI is InChI=1S/C47H59N5O9S/c1-9-30-27-47(30,42(55)51-62(57,58)46(22-23-46)31-18-14-11-15-19-31)50-40(53)37-25-33(28-52(37)41(54)39(44(2,3)4)49-43(56)61-45(5,6)7)60-38-26-35(29-16-12-10-13-17-29)48-36-24-32(59-8)20-21-34(36)38/h9-10,12-13,16-18,20-21,24,26,30,33,37,39H,1,11,14-15,19,22-23,25,27-28H2,2-8H3,(H,49,56)(H,50,53)(H,51,55)/t30?,33-,37?,39-,47-/m1/s1. The van der Waals surface area contributed by atoms with Gasteiger partial charge in [0.05, 0.1) is 24.9 Å². The van der Waals surface area contributed by atoms with Gasteiger partial charge in [-0.05, 0) is 83.3 Å². The second kappa shape index (κ2) is 16.7. The highest BCUT2D eigenvalue weighted by atomic mass is 32.2. The highest BCUT2D eigenvalue weighted by Crippen LogP contribution is 2.53. The number of hydrogen-bond donors (Lipinski definition) is 3.